The molecular weight excluding hydrogens is 406 g/mol. The van der Waals surface area contributed by atoms with Gasteiger partial charge in [-0.1, -0.05) is 18.2 Å². The number of nitrogens with zero attached hydrogens (tertiary/aromatic N) is 3. The normalized spacial score (nSPS) is 17.8. The van der Waals surface area contributed by atoms with Crippen LogP contribution >= 0.6 is 0 Å². The third kappa shape index (κ3) is 3.45. The Morgan fingerprint density at radius 1 is 1.00 bits per heavy atom. The standard InChI is InChI=1S/C25H23N3O4/c29-21-9-10-27(15-21)14-19-13-26-28(25(19)23-2-1-11-30-23)20-6-3-17(4-7-20)18-5-8-22-24(12-18)32-16-31-22/h1-8,11-13,21,29H,9-10,14-16H2. The first-order chi connectivity index (χ1) is 15.7. The number of aromatic nitrogens is 2. The number of hydrogen-bond acceptors (Lipinski definition) is 6. The van der Waals surface area contributed by atoms with Gasteiger partial charge < -0.3 is 19.0 Å². The van der Waals surface area contributed by atoms with Gasteiger partial charge in [0.25, 0.3) is 0 Å². The maximum atomic E-state index is 9.89. The number of benzene rings is 2. The van der Waals surface area contributed by atoms with Gasteiger partial charge >= 0.3 is 0 Å². The lowest BCUT2D eigenvalue weighted by Gasteiger charge is -2.15. The van der Waals surface area contributed by atoms with E-state index >= 15 is 0 Å². The minimum Gasteiger partial charge on any atom is -0.463 e. The second kappa shape index (κ2) is 7.85. The van der Waals surface area contributed by atoms with E-state index in [1.165, 1.54) is 0 Å². The number of ether oxygens (including phenoxy) is 2. The Morgan fingerprint density at radius 2 is 1.84 bits per heavy atom. The minimum atomic E-state index is -0.249. The fourth-order valence-corrected chi connectivity index (χ4v) is 4.44. The number of β-amino-alcohol motifs (C(OH)–C–C–N with tert-alkyl or cyclic N) is 1. The van der Waals surface area contributed by atoms with Gasteiger partial charge in [-0.05, 0) is 53.9 Å². The van der Waals surface area contributed by atoms with Crippen molar-refractivity contribution in [3.05, 3.63) is 72.6 Å². The zero-order chi connectivity index (χ0) is 21.5. The van der Waals surface area contributed by atoms with Crippen molar-refractivity contribution in [3.63, 3.8) is 0 Å². The Bertz CT molecular complexity index is 1230. The molecule has 32 heavy (non-hydrogen) atoms. The summed E-state index contributed by atoms with van der Waals surface area (Å²) in [4.78, 5) is 2.25. The highest BCUT2D eigenvalue weighted by atomic mass is 16.7. The van der Waals surface area contributed by atoms with E-state index in [1.807, 2.05) is 41.2 Å². The molecule has 0 aliphatic carbocycles. The summed E-state index contributed by atoms with van der Waals surface area (Å²) in [5.41, 5.74) is 5.13. The van der Waals surface area contributed by atoms with Gasteiger partial charge in [0.05, 0.1) is 24.3 Å². The van der Waals surface area contributed by atoms with Gasteiger partial charge in [0, 0.05) is 25.2 Å². The van der Waals surface area contributed by atoms with Gasteiger partial charge in [0.1, 0.15) is 5.69 Å². The minimum absolute atomic E-state index is 0.249. The molecule has 7 nitrogen and oxygen atoms in total. The third-order valence-corrected chi connectivity index (χ3v) is 6.06. The molecule has 1 atom stereocenters. The smallest absolute Gasteiger partial charge is 0.231 e. The Kier molecular flexibility index (Phi) is 4.70. The predicted octanol–water partition coefficient (Wildman–Crippen LogP) is 4.09. The van der Waals surface area contributed by atoms with Crippen molar-refractivity contribution in [3.8, 4) is 39.8 Å². The number of aliphatic hydroxyl groups excluding tert-OH is 1. The summed E-state index contributed by atoms with van der Waals surface area (Å²) in [6.07, 6.45) is 4.14. The van der Waals surface area contributed by atoms with Crippen LogP contribution in [0, 0.1) is 0 Å². The van der Waals surface area contributed by atoms with Crippen LogP contribution in [0.4, 0.5) is 0 Å². The van der Waals surface area contributed by atoms with E-state index < -0.39 is 0 Å². The van der Waals surface area contributed by atoms with Crippen LogP contribution in [0.5, 0.6) is 11.5 Å². The zero-order valence-corrected chi connectivity index (χ0v) is 17.5. The molecule has 6 rings (SSSR count). The molecule has 0 spiro atoms. The molecule has 7 heteroatoms. The number of hydrogen-bond donors (Lipinski definition) is 1. The molecule has 1 saturated heterocycles. The Hall–Kier alpha value is -3.55. The third-order valence-electron chi connectivity index (χ3n) is 6.06. The van der Waals surface area contributed by atoms with Crippen LogP contribution < -0.4 is 9.47 Å². The second-order valence-corrected chi connectivity index (χ2v) is 8.20. The van der Waals surface area contributed by atoms with Gasteiger partial charge in [-0.15, -0.1) is 0 Å². The quantitative estimate of drug-likeness (QED) is 0.515. The molecule has 2 aromatic carbocycles. The molecule has 1 N–H and O–H groups in total. The van der Waals surface area contributed by atoms with Crippen molar-refractivity contribution in [1.82, 2.24) is 14.7 Å². The number of rotatable bonds is 5. The zero-order valence-electron chi connectivity index (χ0n) is 17.5. The maximum absolute atomic E-state index is 9.89. The lowest BCUT2D eigenvalue weighted by atomic mass is 10.0. The van der Waals surface area contributed by atoms with Crippen molar-refractivity contribution in [2.45, 2.75) is 19.1 Å². The summed E-state index contributed by atoms with van der Waals surface area (Å²) in [7, 11) is 0. The Labute approximate surface area is 185 Å². The topological polar surface area (TPSA) is 72.9 Å². The molecule has 0 radical (unpaired) electrons. The molecule has 0 amide bonds. The molecule has 1 unspecified atom stereocenters. The molecule has 4 heterocycles. The first-order valence-corrected chi connectivity index (χ1v) is 10.8. The lowest BCUT2D eigenvalue weighted by molar-refractivity contribution is 0.174. The average molecular weight is 429 g/mol. The van der Waals surface area contributed by atoms with E-state index in [9.17, 15) is 5.11 Å². The van der Waals surface area contributed by atoms with E-state index in [1.54, 1.807) is 6.26 Å². The van der Waals surface area contributed by atoms with Gasteiger partial charge in [-0.2, -0.15) is 5.10 Å². The first-order valence-electron chi connectivity index (χ1n) is 10.8. The number of likely N-dealkylation sites (tertiary alicyclic amines) is 1. The second-order valence-electron chi connectivity index (χ2n) is 8.20. The van der Waals surface area contributed by atoms with Crippen LogP contribution in [0.2, 0.25) is 0 Å². The van der Waals surface area contributed by atoms with Crippen molar-refractivity contribution < 1.29 is 19.0 Å². The fraction of sp³-hybridized carbons (Fsp3) is 0.240. The summed E-state index contributed by atoms with van der Waals surface area (Å²) < 4.78 is 18.6. The van der Waals surface area contributed by atoms with Crippen LogP contribution in [0.3, 0.4) is 0 Å². The monoisotopic (exact) mass is 429 g/mol. The molecule has 162 valence electrons. The van der Waals surface area contributed by atoms with Crippen molar-refractivity contribution >= 4 is 0 Å². The highest BCUT2D eigenvalue weighted by Crippen LogP contribution is 2.36. The number of furan rings is 1. The van der Waals surface area contributed by atoms with Crippen molar-refractivity contribution in [2.24, 2.45) is 0 Å². The molecular formula is C25H23N3O4. The van der Waals surface area contributed by atoms with Crippen molar-refractivity contribution in [2.75, 3.05) is 19.9 Å². The Morgan fingerprint density at radius 3 is 2.62 bits per heavy atom. The summed E-state index contributed by atoms with van der Waals surface area (Å²) in [6.45, 7) is 2.56. The number of fused-ring (bicyclic) bond motifs is 1. The molecule has 2 aliphatic rings. The summed E-state index contributed by atoms with van der Waals surface area (Å²) in [5, 5.41) is 14.6. The Balaban J connectivity index is 1.33. The summed E-state index contributed by atoms with van der Waals surface area (Å²) in [5.74, 6) is 2.33. The summed E-state index contributed by atoms with van der Waals surface area (Å²) in [6, 6.07) is 18.1. The predicted molar refractivity (Wildman–Crippen MR) is 119 cm³/mol. The van der Waals surface area contributed by atoms with Crippen LogP contribution in [-0.4, -0.2) is 45.8 Å². The molecule has 1 fully saturated rings. The largest absolute Gasteiger partial charge is 0.463 e. The molecule has 4 aromatic rings. The highest BCUT2D eigenvalue weighted by Gasteiger charge is 2.24. The molecule has 0 bridgehead atoms. The summed E-state index contributed by atoms with van der Waals surface area (Å²) >= 11 is 0. The maximum Gasteiger partial charge on any atom is 0.231 e. The van der Waals surface area contributed by atoms with E-state index in [0.717, 1.165) is 64.8 Å². The first kappa shape index (κ1) is 19.2. The molecule has 2 aromatic heterocycles. The van der Waals surface area contributed by atoms with Gasteiger partial charge in [-0.3, -0.25) is 4.90 Å². The van der Waals surface area contributed by atoms with Gasteiger partial charge in [0.15, 0.2) is 17.3 Å². The van der Waals surface area contributed by atoms with Crippen LogP contribution in [0.25, 0.3) is 28.3 Å². The van der Waals surface area contributed by atoms with E-state index in [0.29, 0.717) is 6.54 Å². The number of aliphatic hydroxyl groups is 1. The van der Waals surface area contributed by atoms with Crippen LogP contribution in [0.15, 0.2) is 71.5 Å². The molecule has 0 saturated carbocycles. The fourth-order valence-electron chi connectivity index (χ4n) is 4.44. The lowest BCUT2D eigenvalue weighted by Crippen LogP contribution is -2.21. The van der Waals surface area contributed by atoms with Crippen molar-refractivity contribution in [1.29, 1.82) is 0 Å². The van der Waals surface area contributed by atoms with E-state index in [-0.39, 0.29) is 12.9 Å². The SMILES string of the molecule is OC1CCN(Cc2cnn(-c3ccc(-c4ccc5c(c4)OCO5)cc3)c2-c2ccco2)C1. The highest BCUT2D eigenvalue weighted by molar-refractivity contribution is 5.69. The average Bonchev–Trinajstić information content (AvgIpc) is 3.61. The van der Waals surface area contributed by atoms with Gasteiger partial charge in [-0.25, -0.2) is 4.68 Å². The van der Waals surface area contributed by atoms with E-state index in [4.69, 9.17) is 13.9 Å². The molecule has 2 aliphatic heterocycles. The van der Waals surface area contributed by atoms with E-state index in [2.05, 4.69) is 34.3 Å². The van der Waals surface area contributed by atoms with Gasteiger partial charge in [0.2, 0.25) is 6.79 Å². The van der Waals surface area contributed by atoms with Crippen LogP contribution in [0.1, 0.15) is 12.0 Å². The van der Waals surface area contributed by atoms with Crippen LogP contribution in [-0.2, 0) is 6.54 Å².